The van der Waals surface area contributed by atoms with Crippen molar-refractivity contribution < 1.29 is 13.9 Å². The zero-order chi connectivity index (χ0) is 14.2. The molecular weight excluding hydrogens is 257 g/mol. The fourth-order valence-electron chi connectivity index (χ4n) is 3.27. The molecule has 2 aliphatic rings. The maximum atomic E-state index is 13.5. The standard InChI is InChI=1S/C16H22FNO2/c1-3-7-18-14-10-16(6-8-19-11(16)2)20-15-9-12(17)4-5-13(14)15/h4-5,9,11,14,18H,3,6-8,10H2,1-2H3. The minimum Gasteiger partial charge on any atom is -0.484 e. The van der Waals surface area contributed by atoms with Gasteiger partial charge in [0.2, 0.25) is 0 Å². The summed E-state index contributed by atoms with van der Waals surface area (Å²) in [6.07, 6.45) is 2.87. The predicted molar refractivity (Wildman–Crippen MR) is 75.4 cm³/mol. The summed E-state index contributed by atoms with van der Waals surface area (Å²) >= 11 is 0. The van der Waals surface area contributed by atoms with Gasteiger partial charge >= 0.3 is 0 Å². The molecule has 0 aliphatic carbocycles. The molecule has 1 aromatic carbocycles. The van der Waals surface area contributed by atoms with Crippen molar-refractivity contribution in [2.24, 2.45) is 0 Å². The van der Waals surface area contributed by atoms with Crippen LogP contribution in [0.2, 0.25) is 0 Å². The summed E-state index contributed by atoms with van der Waals surface area (Å²) in [4.78, 5) is 0. The molecular formula is C16H22FNO2. The largest absolute Gasteiger partial charge is 0.484 e. The van der Waals surface area contributed by atoms with Crippen LogP contribution in [0.4, 0.5) is 4.39 Å². The maximum Gasteiger partial charge on any atom is 0.139 e. The van der Waals surface area contributed by atoms with Crippen LogP contribution >= 0.6 is 0 Å². The van der Waals surface area contributed by atoms with Crippen molar-refractivity contribution in [1.29, 1.82) is 0 Å². The van der Waals surface area contributed by atoms with E-state index in [9.17, 15) is 4.39 Å². The van der Waals surface area contributed by atoms with Crippen LogP contribution in [0, 0.1) is 5.82 Å². The first kappa shape index (κ1) is 13.8. The van der Waals surface area contributed by atoms with Crippen LogP contribution in [-0.2, 0) is 4.74 Å². The van der Waals surface area contributed by atoms with E-state index in [4.69, 9.17) is 9.47 Å². The first-order chi connectivity index (χ1) is 9.64. The SMILES string of the molecule is CCCNC1CC2(CCOC2C)Oc2cc(F)ccc21. The first-order valence-corrected chi connectivity index (χ1v) is 7.48. The number of hydrogen-bond donors (Lipinski definition) is 1. The third-order valence-corrected chi connectivity index (χ3v) is 4.49. The van der Waals surface area contributed by atoms with E-state index in [0.717, 1.165) is 31.4 Å². The van der Waals surface area contributed by atoms with Crippen LogP contribution in [0.5, 0.6) is 5.75 Å². The maximum absolute atomic E-state index is 13.5. The second kappa shape index (κ2) is 5.34. The summed E-state index contributed by atoms with van der Waals surface area (Å²) in [6.45, 7) is 5.86. The second-order valence-corrected chi connectivity index (χ2v) is 5.82. The Balaban J connectivity index is 1.95. The van der Waals surface area contributed by atoms with Crippen LogP contribution in [0.15, 0.2) is 18.2 Å². The van der Waals surface area contributed by atoms with Gasteiger partial charge in [0.25, 0.3) is 0 Å². The van der Waals surface area contributed by atoms with Crippen LogP contribution in [0.3, 0.4) is 0 Å². The monoisotopic (exact) mass is 279 g/mol. The lowest BCUT2D eigenvalue weighted by atomic mass is 9.83. The highest BCUT2D eigenvalue weighted by atomic mass is 19.1. The lowest BCUT2D eigenvalue weighted by Gasteiger charge is -2.42. The van der Waals surface area contributed by atoms with Crippen molar-refractivity contribution in [2.45, 2.75) is 50.9 Å². The average molecular weight is 279 g/mol. The van der Waals surface area contributed by atoms with Crippen molar-refractivity contribution >= 4 is 0 Å². The highest BCUT2D eigenvalue weighted by Gasteiger charge is 2.48. The molecule has 3 atom stereocenters. The minimum atomic E-state index is -0.313. The molecule has 0 amide bonds. The van der Waals surface area contributed by atoms with Gasteiger partial charge < -0.3 is 14.8 Å². The molecule has 1 saturated heterocycles. The van der Waals surface area contributed by atoms with Crippen LogP contribution in [0.25, 0.3) is 0 Å². The Kier molecular flexibility index (Phi) is 3.69. The Morgan fingerprint density at radius 1 is 1.45 bits per heavy atom. The first-order valence-electron chi connectivity index (χ1n) is 7.48. The van der Waals surface area contributed by atoms with Gasteiger partial charge in [-0.05, 0) is 26.0 Å². The molecule has 3 rings (SSSR count). The highest BCUT2D eigenvalue weighted by molar-refractivity contribution is 5.40. The number of fused-ring (bicyclic) bond motifs is 1. The smallest absolute Gasteiger partial charge is 0.139 e. The minimum absolute atomic E-state index is 0.0462. The van der Waals surface area contributed by atoms with Gasteiger partial charge in [0, 0.05) is 30.5 Å². The fourth-order valence-corrected chi connectivity index (χ4v) is 3.27. The Morgan fingerprint density at radius 2 is 2.30 bits per heavy atom. The zero-order valence-electron chi connectivity index (χ0n) is 12.1. The lowest BCUT2D eigenvalue weighted by Crippen LogP contribution is -2.48. The van der Waals surface area contributed by atoms with Gasteiger partial charge in [-0.1, -0.05) is 13.0 Å². The molecule has 4 heteroatoms. The molecule has 0 radical (unpaired) electrons. The fraction of sp³-hybridized carbons (Fsp3) is 0.625. The van der Waals surface area contributed by atoms with E-state index in [2.05, 4.69) is 12.2 Å². The molecule has 0 saturated carbocycles. The van der Waals surface area contributed by atoms with Gasteiger partial charge in [-0.15, -0.1) is 0 Å². The van der Waals surface area contributed by atoms with Crippen LogP contribution < -0.4 is 10.1 Å². The van der Waals surface area contributed by atoms with E-state index >= 15 is 0 Å². The van der Waals surface area contributed by atoms with Crippen molar-refractivity contribution in [3.63, 3.8) is 0 Å². The summed E-state index contributed by atoms with van der Waals surface area (Å²) in [6, 6.07) is 5.06. The zero-order valence-corrected chi connectivity index (χ0v) is 12.1. The molecule has 3 nitrogen and oxygen atoms in total. The number of hydrogen-bond acceptors (Lipinski definition) is 3. The molecule has 110 valence electrons. The molecule has 3 unspecified atom stereocenters. The van der Waals surface area contributed by atoms with Crippen LogP contribution in [0.1, 0.15) is 44.7 Å². The van der Waals surface area contributed by atoms with Crippen molar-refractivity contribution in [2.75, 3.05) is 13.2 Å². The Hall–Kier alpha value is -1.13. The summed E-state index contributed by atoms with van der Waals surface area (Å²) < 4.78 is 25.4. The highest BCUT2D eigenvalue weighted by Crippen LogP contribution is 2.45. The number of rotatable bonds is 3. The topological polar surface area (TPSA) is 30.5 Å². The van der Waals surface area contributed by atoms with Gasteiger partial charge in [-0.25, -0.2) is 4.39 Å². The third-order valence-electron chi connectivity index (χ3n) is 4.49. The van der Waals surface area contributed by atoms with Gasteiger partial charge in [0.05, 0.1) is 12.7 Å². The lowest BCUT2D eigenvalue weighted by molar-refractivity contribution is -0.0309. The van der Waals surface area contributed by atoms with E-state index in [1.807, 2.05) is 13.0 Å². The van der Waals surface area contributed by atoms with Gasteiger partial charge in [-0.3, -0.25) is 0 Å². The van der Waals surface area contributed by atoms with E-state index in [0.29, 0.717) is 12.4 Å². The molecule has 1 N–H and O–H groups in total. The van der Waals surface area contributed by atoms with Gasteiger partial charge in [0.1, 0.15) is 17.2 Å². The van der Waals surface area contributed by atoms with Gasteiger partial charge in [0.15, 0.2) is 0 Å². The molecule has 1 fully saturated rings. The van der Waals surface area contributed by atoms with Crippen molar-refractivity contribution in [3.05, 3.63) is 29.6 Å². The van der Waals surface area contributed by atoms with Crippen molar-refractivity contribution in [1.82, 2.24) is 5.32 Å². The second-order valence-electron chi connectivity index (χ2n) is 5.82. The Labute approximate surface area is 119 Å². The molecule has 0 aromatic heterocycles. The normalized spacial score (nSPS) is 32.1. The molecule has 1 aromatic rings. The summed E-state index contributed by atoms with van der Waals surface area (Å²) in [5, 5.41) is 3.56. The Bertz CT molecular complexity index is 493. The number of ether oxygens (including phenoxy) is 2. The number of benzene rings is 1. The quantitative estimate of drug-likeness (QED) is 0.921. The van der Waals surface area contributed by atoms with E-state index in [1.54, 1.807) is 0 Å². The molecule has 20 heavy (non-hydrogen) atoms. The number of halogens is 1. The molecule has 0 bridgehead atoms. The third kappa shape index (κ3) is 2.31. The summed E-state index contributed by atoms with van der Waals surface area (Å²) in [5.41, 5.74) is 0.746. The molecule has 2 heterocycles. The van der Waals surface area contributed by atoms with Crippen molar-refractivity contribution in [3.8, 4) is 5.75 Å². The predicted octanol–water partition coefficient (Wildman–Crippen LogP) is 3.20. The van der Waals surface area contributed by atoms with Gasteiger partial charge in [-0.2, -0.15) is 0 Å². The Morgan fingerprint density at radius 3 is 3.00 bits per heavy atom. The summed E-state index contributed by atoms with van der Waals surface area (Å²) in [7, 11) is 0. The number of nitrogens with one attached hydrogen (secondary N) is 1. The van der Waals surface area contributed by atoms with E-state index in [1.165, 1.54) is 12.1 Å². The summed E-state index contributed by atoms with van der Waals surface area (Å²) in [5.74, 6) is 0.420. The average Bonchev–Trinajstić information content (AvgIpc) is 2.76. The van der Waals surface area contributed by atoms with Crippen LogP contribution in [-0.4, -0.2) is 24.9 Å². The molecule has 2 aliphatic heterocycles. The van der Waals surface area contributed by atoms with E-state index < -0.39 is 0 Å². The van der Waals surface area contributed by atoms with E-state index in [-0.39, 0.29) is 23.6 Å². The molecule has 1 spiro atoms.